The first kappa shape index (κ1) is 115. The highest BCUT2D eigenvalue weighted by molar-refractivity contribution is 4.51. The number of hydrogen-bond acceptors (Lipinski definition) is 1. The molecule has 48 valence electrons. The summed E-state index contributed by atoms with van der Waals surface area (Å²) in [5.74, 6) is 0. The van der Waals surface area contributed by atoms with Gasteiger partial charge in [-0.2, -0.15) is 5.26 Å². The number of rotatable bonds is 0. The van der Waals surface area contributed by atoms with Crippen LogP contribution >= 0.6 is 0 Å². The lowest BCUT2D eigenvalue weighted by Gasteiger charge is -1.15. The average Bonchev–Trinajstić information content (AvgIpc) is 0.918. The standard InChI is InChI=1S/C2H3N.4FH/c1-2-3;;;;/h1H3;4*1H. The van der Waals surface area contributed by atoms with E-state index in [0.29, 0.717) is 0 Å². The Hall–Kier alpha value is -0.790. The summed E-state index contributed by atoms with van der Waals surface area (Å²) in [5.41, 5.74) is 0. The fourth-order valence-electron chi connectivity index (χ4n) is 0. The average molecular weight is 121 g/mol. The highest BCUT2D eigenvalue weighted by Crippen LogP contribution is 1.21. The van der Waals surface area contributed by atoms with Crippen molar-refractivity contribution in [2.24, 2.45) is 0 Å². The third-order valence-electron chi connectivity index (χ3n) is 0. The summed E-state index contributed by atoms with van der Waals surface area (Å²) in [5, 5.41) is 7.32. The third kappa shape index (κ3) is 86.0. The van der Waals surface area contributed by atoms with E-state index in [1.165, 1.54) is 6.92 Å². The van der Waals surface area contributed by atoms with Crippen molar-refractivity contribution in [1.82, 2.24) is 0 Å². The summed E-state index contributed by atoms with van der Waals surface area (Å²) in [7, 11) is 0. The molecule has 5 heteroatoms. The molecule has 0 saturated heterocycles. The van der Waals surface area contributed by atoms with E-state index in [0.717, 1.165) is 0 Å². The summed E-state index contributed by atoms with van der Waals surface area (Å²) in [6, 6.07) is 1.75. The highest BCUT2D eigenvalue weighted by atomic mass is 19.0. The monoisotopic (exact) mass is 121 g/mol. The molecule has 0 aliphatic heterocycles. The van der Waals surface area contributed by atoms with Gasteiger partial charge >= 0.3 is 0 Å². The third-order valence-corrected chi connectivity index (χ3v) is 0. The van der Waals surface area contributed by atoms with Crippen LogP contribution in [0.4, 0.5) is 18.8 Å². The molecule has 0 fully saturated rings. The molecule has 0 aromatic carbocycles. The van der Waals surface area contributed by atoms with Gasteiger partial charge in [-0.3, -0.25) is 18.8 Å². The molecule has 7 heavy (non-hydrogen) atoms. The van der Waals surface area contributed by atoms with Gasteiger partial charge in [0.25, 0.3) is 0 Å². The molecule has 0 rings (SSSR count). The first-order chi connectivity index (χ1) is 1.41. The molecule has 0 N–H and O–H groups in total. The van der Waals surface area contributed by atoms with Crippen LogP contribution in [-0.2, 0) is 0 Å². The van der Waals surface area contributed by atoms with Crippen molar-refractivity contribution in [3.8, 4) is 6.07 Å². The van der Waals surface area contributed by atoms with Crippen molar-refractivity contribution in [2.75, 3.05) is 0 Å². The second-order valence-electron chi connectivity index (χ2n) is 0.224. The lowest BCUT2D eigenvalue weighted by atomic mass is 11.0. The summed E-state index contributed by atoms with van der Waals surface area (Å²) in [4.78, 5) is 0. The van der Waals surface area contributed by atoms with Crippen LogP contribution in [0.2, 0.25) is 0 Å². The topological polar surface area (TPSA) is 23.8 Å². The van der Waals surface area contributed by atoms with E-state index in [-0.39, 0.29) is 18.8 Å². The molecule has 0 amide bonds. The van der Waals surface area contributed by atoms with Crippen molar-refractivity contribution in [3.05, 3.63) is 0 Å². The van der Waals surface area contributed by atoms with Crippen LogP contribution in [0.5, 0.6) is 0 Å². The summed E-state index contributed by atoms with van der Waals surface area (Å²) in [6.45, 7) is 1.43. The maximum atomic E-state index is 7.32. The number of nitriles is 1. The maximum absolute atomic E-state index is 7.32. The second kappa shape index (κ2) is 2090. The summed E-state index contributed by atoms with van der Waals surface area (Å²) in [6.07, 6.45) is 0. The lowest BCUT2D eigenvalue weighted by molar-refractivity contribution is 1.11. The van der Waals surface area contributed by atoms with E-state index in [2.05, 4.69) is 0 Å². The molecule has 0 atom stereocenters. The Morgan fingerprint density at radius 3 is 1.00 bits per heavy atom. The van der Waals surface area contributed by atoms with Crippen LogP contribution < -0.4 is 0 Å². The normalized spacial score (nSPS) is 1.14. The van der Waals surface area contributed by atoms with Gasteiger partial charge < -0.3 is 0 Å². The minimum absolute atomic E-state index is 0. The quantitative estimate of drug-likeness (QED) is 0.441. The zero-order valence-corrected chi connectivity index (χ0v) is 3.58. The van der Waals surface area contributed by atoms with Crippen LogP contribution in [0.15, 0.2) is 0 Å². The van der Waals surface area contributed by atoms with Crippen LogP contribution in [0.25, 0.3) is 0 Å². The van der Waals surface area contributed by atoms with Crippen molar-refractivity contribution in [2.45, 2.75) is 6.92 Å². The molecule has 0 radical (unpaired) electrons. The van der Waals surface area contributed by atoms with Gasteiger partial charge in [-0.25, -0.2) is 0 Å². The predicted molar refractivity (Wildman–Crippen MR) is 21.3 cm³/mol. The van der Waals surface area contributed by atoms with Gasteiger partial charge in [0.1, 0.15) is 0 Å². The van der Waals surface area contributed by atoms with Gasteiger partial charge in [0.05, 0.1) is 6.07 Å². The molecule has 0 aliphatic carbocycles. The molecule has 0 aromatic heterocycles. The van der Waals surface area contributed by atoms with Gasteiger partial charge in [-0.1, -0.05) is 0 Å². The Bertz CT molecular complexity index is 31.2. The number of nitrogens with zero attached hydrogens (tertiary/aromatic N) is 1. The van der Waals surface area contributed by atoms with Crippen LogP contribution in [0, 0.1) is 11.3 Å². The van der Waals surface area contributed by atoms with Crippen molar-refractivity contribution < 1.29 is 18.8 Å². The second-order valence-corrected chi connectivity index (χ2v) is 0.224. The molecule has 0 aliphatic rings. The fraction of sp³-hybridized carbons (Fsp3) is 0.500. The van der Waals surface area contributed by atoms with Crippen molar-refractivity contribution >= 4 is 0 Å². The van der Waals surface area contributed by atoms with Gasteiger partial charge in [0, 0.05) is 6.92 Å². The Morgan fingerprint density at radius 1 is 1.00 bits per heavy atom. The van der Waals surface area contributed by atoms with E-state index < -0.39 is 0 Å². The minimum Gasteiger partial charge on any atom is -0.269 e. The Morgan fingerprint density at radius 2 is 1.00 bits per heavy atom. The highest BCUT2D eigenvalue weighted by Gasteiger charge is 1.17. The Balaban J connectivity index is -0.00000000333. The van der Waals surface area contributed by atoms with Crippen molar-refractivity contribution in [1.29, 1.82) is 5.26 Å². The fourth-order valence-corrected chi connectivity index (χ4v) is 0. The van der Waals surface area contributed by atoms with Gasteiger partial charge in [-0.05, 0) is 0 Å². The van der Waals surface area contributed by atoms with Gasteiger partial charge in [-0.15, -0.1) is 0 Å². The predicted octanol–water partition coefficient (Wildman–Crippen LogP) is 1.14. The molecule has 0 heterocycles. The maximum Gasteiger partial charge on any atom is 0.0587 e. The summed E-state index contributed by atoms with van der Waals surface area (Å²) >= 11 is 0. The van der Waals surface area contributed by atoms with E-state index in [4.69, 9.17) is 5.26 Å². The van der Waals surface area contributed by atoms with E-state index >= 15 is 0 Å². The van der Waals surface area contributed by atoms with E-state index in [9.17, 15) is 0 Å². The molecule has 0 unspecified atom stereocenters. The summed E-state index contributed by atoms with van der Waals surface area (Å²) < 4.78 is 0. The minimum atomic E-state index is 0. The number of halogens is 4. The van der Waals surface area contributed by atoms with Crippen LogP contribution in [-0.4, -0.2) is 0 Å². The molecule has 0 bridgehead atoms. The van der Waals surface area contributed by atoms with Gasteiger partial charge in [0.15, 0.2) is 0 Å². The van der Waals surface area contributed by atoms with E-state index in [1.54, 1.807) is 6.07 Å². The van der Waals surface area contributed by atoms with Gasteiger partial charge in [0.2, 0.25) is 0 Å². The molecule has 0 spiro atoms. The first-order valence-electron chi connectivity index (χ1n) is 0.724. The Kier molecular flexibility index (Phi) is 34400. The SMILES string of the molecule is CC#N.F.F.F.F. The smallest absolute Gasteiger partial charge is 0.0587 e. The van der Waals surface area contributed by atoms with Crippen LogP contribution in [0.3, 0.4) is 0 Å². The zero-order chi connectivity index (χ0) is 2.71. The first-order valence-corrected chi connectivity index (χ1v) is 0.724. The molecule has 0 saturated carbocycles. The molecule has 1 nitrogen and oxygen atoms in total. The lowest BCUT2D eigenvalue weighted by Crippen LogP contribution is -1.10. The largest absolute Gasteiger partial charge is 0.269 e. The van der Waals surface area contributed by atoms with Crippen molar-refractivity contribution in [3.63, 3.8) is 0 Å². The molecule has 0 aromatic rings. The Labute approximate surface area is 38.4 Å². The molecular formula is C2H7F4N. The van der Waals surface area contributed by atoms with E-state index in [1.807, 2.05) is 0 Å². The molecular weight excluding hydrogens is 114 g/mol. The zero-order valence-electron chi connectivity index (χ0n) is 3.58. The van der Waals surface area contributed by atoms with Crippen LogP contribution in [0.1, 0.15) is 6.92 Å². The number of hydrogen-bond donors (Lipinski definition) is 0.